The predicted molar refractivity (Wildman–Crippen MR) is 53.7 cm³/mol. The van der Waals surface area contributed by atoms with Gasteiger partial charge in [-0.05, 0) is 17.5 Å². The molecule has 1 aromatic rings. The Morgan fingerprint density at radius 1 is 1.45 bits per heavy atom. The monoisotopic (exact) mass is 232 g/mol. The zero-order chi connectivity index (χ0) is 8.27. The van der Waals surface area contributed by atoms with Crippen molar-refractivity contribution < 1.29 is 0 Å². The minimum Gasteiger partial charge on any atom is -0.0922 e. The highest BCUT2D eigenvalue weighted by atomic mass is 79.9. The summed E-state index contributed by atoms with van der Waals surface area (Å²) in [5.74, 6) is 0.490. The van der Waals surface area contributed by atoms with Crippen molar-refractivity contribution in [2.75, 3.05) is 5.33 Å². The molecule has 0 nitrogen and oxygen atoms in total. The van der Waals surface area contributed by atoms with Crippen LogP contribution in [0, 0.1) is 0 Å². The maximum atomic E-state index is 5.98. The minimum atomic E-state index is 0.490. The summed E-state index contributed by atoms with van der Waals surface area (Å²) in [4.78, 5) is 0. The maximum absolute atomic E-state index is 5.98. The predicted octanol–water partition coefficient (Wildman–Crippen LogP) is 3.84. The molecule has 1 aromatic carbocycles. The third-order valence-electron chi connectivity index (χ3n) is 1.67. The van der Waals surface area contributed by atoms with E-state index in [1.165, 1.54) is 5.56 Å². The molecule has 0 fully saturated rings. The summed E-state index contributed by atoms with van der Waals surface area (Å²) >= 11 is 9.40. The van der Waals surface area contributed by atoms with E-state index in [-0.39, 0.29) is 0 Å². The van der Waals surface area contributed by atoms with Gasteiger partial charge in [0, 0.05) is 10.4 Å². The van der Waals surface area contributed by atoms with E-state index in [0.29, 0.717) is 5.92 Å². The lowest BCUT2D eigenvalue weighted by atomic mass is 10.0. The van der Waals surface area contributed by atoms with Crippen LogP contribution in [0.2, 0.25) is 5.02 Å². The molecule has 0 spiro atoms. The zero-order valence-corrected chi connectivity index (χ0v) is 8.69. The highest BCUT2D eigenvalue weighted by Gasteiger charge is 2.05. The Kier molecular flexibility index (Phi) is 3.41. The number of alkyl halides is 1. The molecule has 2 heteroatoms. The molecule has 0 bridgehead atoms. The third kappa shape index (κ3) is 2.21. The van der Waals surface area contributed by atoms with Gasteiger partial charge < -0.3 is 0 Å². The normalized spacial score (nSPS) is 13.0. The van der Waals surface area contributed by atoms with Crippen LogP contribution in [0.4, 0.5) is 0 Å². The van der Waals surface area contributed by atoms with Gasteiger partial charge in [0.1, 0.15) is 0 Å². The molecule has 1 unspecified atom stereocenters. The lowest BCUT2D eigenvalue weighted by Gasteiger charge is -2.08. The first-order valence-electron chi connectivity index (χ1n) is 3.56. The van der Waals surface area contributed by atoms with Crippen LogP contribution in [0.15, 0.2) is 24.3 Å². The van der Waals surface area contributed by atoms with E-state index in [1.807, 2.05) is 18.2 Å². The average Bonchev–Trinajstić information content (AvgIpc) is 2.04. The number of halogens is 2. The van der Waals surface area contributed by atoms with Crippen LogP contribution in [-0.2, 0) is 0 Å². The van der Waals surface area contributed by atoms with E-state index in [1.54, 1.807) is 0 Å². The molecular weight excluding hydrogens is 223 g/mol. The van der Waals surface area contributed by atoms with Crippen molar-refractivity contribution in [1.82, 2.24) is 0 Å². The van der Waals surface area contributed by atoms with Crippen LogP contribution in [0.3, 0.4) is 0 Å². The van der Waals surface area contributed by atoms with Gasteiger partial charge in [0.2, 0.25) is 0 Å². The number of rotatable bonds is 2. The summed E-state index contributed by atoms with van der Waals surface area (Å²) in [5, 5.41) is 1.82. The first kappa shape index (κ1) is 9.08. The lowest BCUT2D eigenvalue weighted by molar-refractivity contribution is 0.888. The quantitative estimate of drug-likeness (QED) is 0.681. The van der Waals surface area contributed by atoms with Gasteiger partial charge >= 0.3 is 0 Å². The Labute approximate surface area is 80.7 Å². The third-order valence-corrected chi connectivity index (χ3v) is 2.98. The summed E-state index contributed by atoms with van der Waals surface area (Å²) < 4.78 is 0. The average molecular weight is 234 g/mol. The Morgan fingerprint density at radius 3 is 2.64 bits per heavy atom. The van der Waals surface area contributed by atoms with Crippen molar-refractivity contribution in [1.29, 1.82) is 0 Å². The van der Waals surface area contributed by atoms with Crippen LogP contribution in [-0.4, -0.2) is 5.33 Å². The number of hydrogen-bond acceptors (Lipinski definition) is 0. The largest absolute Gasteiger partial charge is 0.0922 e. The molecule has 0 heterocycles. The van der Waals surface area contributed by atoms with E-state index >= 15 is 0 Å². The van der Waals surface area contributed by atoms with E-state index < -0.39 is 0 Å². The van der Waals surface area contributed by atoms with Gasteiger partial charge in [-0.1, -0.05) is 52.7 Å². The maximum Gasteiger partial charge on any atom is 0.0441 e. The van der Waals surface area contributed by atoms with Gasteiger partial charge in [-0.25, -0.2) is 0 Å². The second-order valence-electron chi connectivity index (χ2n) is 2.58. The Bertz CT molecular complexity index is 235. The molecule has 0 saturated heterocycles. The first-order chi connectivity index (χ1) is 5.25. The molecule has 0 aliphatic carbocycles. The van der Waals surface area contributed by atoms with Crippen LogP contribution < -0.4 is 0 Å². The van der Waals surface area contributed by atoms with Crippen molar-refractivity contribution in [3.8, 4) is 0 Å². The van der Waals surface area contributed by atoms with E-state index in [4.69, 9.17) is 11.6 Å². The number of benzene rings is 1. The molecule has 0 aliphatic rings. The van der Waals surface area contributed by atoms with Crippen LogP contribution in [0.1, 0.15) is 18.4 Å². The molecule has 0 saturated carbocycles. The summed E-state index contributed by atoms with van der Waals surface area (Å²) in [6.07, 6.45) is 0. The molecular formula is C9H10BrCl. The van der Waals surface area contributed by atoms with Crippen LogP contribution in [0.5, 0.6) is 0 Å². The van der Waals surface area contributed by atoms with Crippen molar-refractivity contribution >= 4 is 27.5 Å². The Balaban J connectivity index is 2.93. The van der Waals surface area contributed by atoms with E-state index in [2.05, 4.69) is 28.9 Å². The zero-order valence-electron chi connectivity index (χ0n) is 6.35. The van der Waals surface area contributed by atoms with Gasteiger partial charge in [0.25, 0.3) is 0 Å². The Morgan fingerprint density at radius 2 is 2.09 bits per heavy atom. The smallest absolute Gasteiger partial charge is 0.0441 e. The molecule has 1 rings (SSSR count). The molecule has 0 N–H and O–H groups in total. The molecule has 0 aromatic heterocycles. The Hall–Kier alpha value is -0.0100. The summed E-state index contributed by atoms with van der Waals surface area (Å²) in [6.45, 7) is 2.15. The summed E-state index contributed by atoms with van der Waals surface area (Å²) in [5.41, 5.74) is 1.21. The second-order valence-corrected chi connectivity index (χ2v) is 3.63. The van der Waals surface area contributed by atoms with E-state index in [0.717, 1.165) is 10.4 Å². The molecule has 60 valence electrons. The minimum absolute atomic E-state index is 0.490. The van der Waals surface area contributed by atoms with Crippen molar-refractivity contribution in [2.24, 2.45) is 0 Å². The fourth-order valence-electron chi connectivity index (χ4n) is 0.958. The lowest BCUT2D eigenvalue weighted by Crippen LogP contribution is -1.94. The highest BCUT2D eigenvalue weighted by molar-refractivity contribution is 9.09. The fourth-order valence-corrected chi connectivity index (χ4v) is 1.63. The van der Waals surface area contributed by atoms with E-state index in [9.17, 15) is 0 Å². The van der Waals surface area contributed by atoms with Crippen molar-refractivity contribution in [3.05, 3.63) is 34.9 Å². The fraction of sp³-hybridized carbons (Fsp3) is 0.333. The van der Waals surface area contributed by atoms with Gasteiger partial charge in [-0.3, -0.25) is 0 Å². The van der Waals surface area contributed by atoms with Crippen molar-refractivity contribution in [3.63, 3.8) is 0 Å². The number of hydrogen-bond donors (Lipinski definition) is 0. The summed E-state index contributed by atoms with van der Waals surface area (Å²) in [7, 11) is 0. The molecule has 1 atom stereocenters. The SMILES string of the molecule is CC(CBr)c1ccccc1Cl. The van der Waals surface area contributed by atoms with Gasteiger partial charge in [-0.15, -0.1) is 0 Å². The van der Waals surface area contributed by atoms with Crippen LogP contribution in [0.25, 0.3) is 0 Å². The molecule has 0 amide bonds. The van der Waals surface area contributed by atoms with Gasteiger partial charge in [0.05, 0.1) is 0 Å². The first-order valence-corrected chi connectivity index (χ1v) is 5.06. The molecule has 0 radical (unpaired) electrons. The molecule has 11 heavy (non-hydrogen) atoms. The van der Waals surface area contributed by atoms with Crippen LogP contribution >= 0.6 is 27.5 Å². The topological polar surface area (TPSA) is 0 Å². The van der Waals surface area contributed by atoms with Crippen molar-refractivity contribution in [2.45, 2.75) is 12.8 Å². The standard InChI is InChI=1S/C9H10BrCl/c1-7(6-10)8-4-2-3-5-9(8)11/h2-5,7H,6H2,1H3. The van der Waals surface area contributed by atoms with Gasteiger partial charge in [0.15, 0.2) is 0 Å². The highest BCUT2D eigenvalue weighted by Crippen LogP contribution is 2.24. The van der Waals surface area contributed by atoms with Gasteiger partial charge in [-0.2, -0.15) is 0 Å². The second kappa shape index (κ2) is 4.13. The molecule has 0 aliphatic heterocycles. The summed E-state index contributed by atoms with van der Waals surface area (Å²) in [6, 6.07) is 7.96.